The lowest BCUT2D eigenvalue weighted by atomic mass is 10.0. The van der Waals surface area contributed by atoms with Crippen molar-refractivity contribution in [2.75, 3.05) is 16.8 Å². The Hall–Kier alpha value is -1.71. The van der Waals surface area contributed by atoms with Crippen LogP contribution in [0.5, 0.6) is 0 Å². The molecule has 24 heavy (non-hydrogen) atoms. The normalized spacial score (nSPS) is 17.6. The van der Waals surface area contributed by atoms with E-state index in [0.717, 1.165) is 12.2 Å². The maximum Gasteiger partial charge on any atom is 0.257 e. The smallest absolute Gasteiger partial charge is 0.257 e. The molecule has 2 aromatic rings. The minimum absolute atomic E-state index is 0.240. The summed E-state index contributed by atoms with van der Waals surface area (Å²) < 4.78 is 0. The van der Waals surface area contributed by atoms with Crippen molar-refractivity contribution in [1.82, 2.24) is 0 Å². The van der Waals surface area contributed by atoms with Gasteiger partial charge in [0.25, 0.3) is 5.91 Å². The summed E-state index contributed by atoms with van der Waals surface area (Å²) in [6.45, 7) is 3.35. The largest absolute Gasteiger partial charge is 0.369 e. The van der Waals surface area contributed by atoms with Gasteiger partial charge < -0.3 is 10.2 Å². The topological polar surface area (TPSA) is 32.3 Å². The van der Waals surface area contributed by atoms with Crippen LogP contribution in [0.25, 0.3) is 0 Å². The summed E-state index contributed by atoms with van der Waals surface area (Å²) in [5.41, 5.74) is 2.36. The first kappa shape index (κ1) is 17.1. The molecule has 0 bridgehead atoms. The first-order valence-corrected chi connectivity index (χ1v) is 8.93. The van der Waals surface area contributed by atoms with Gasteiger partial charge in [0.15, 0.2) is 0 Å². The van der Waals surface area contributed by atoms with Crippen LogP contribution < -0.4 is 10.2 Å². The van der Waals surface area contributed by atoms with Gasteiger partial charge in [-0.3, -0.25) is 4.79 Å². The van der Waals surface area contributed by atoms with Gasteiger partial charge in [0.1, 0.15) is 0 Å². The molecule has 3 nitrogen and oxygen atoms in total. The number of carbonyl (C=O) groups is 1. The van der Waals surface area contributed by atoms with Crippen molar-refractivity contribution in [2.45, 2.75) is 32.2 Å². The molecule has 0 spiro atoms. The molecule has 3 rings (SSSR count). The van der Waals surface area contributed by atoms with Crippen molar-refractivity contribution in [2.24, 2.45) is 0 Å². The number of rotatable bonds is 3. The molecule has 1 heterocycles. The summed E-state index contributed by atoms with van der Waals surface area (Å²) in [7, 11) is 0. The first-order chi connectivity index (χ1) is 11.5. The second-order valence-corrected chi connectivity index (χ2v) is 7.01. The maximum absolute atomic E-state index is 12.3. The molecular weight excluding hydrogens is 343 g/mol. The number of nitrogens with one attached hydrogen (secondary N) is 1. The van der Waals surface area contributed by atoms with Crippen LogP contribution in [0, 0.1) is 0 Å². The van der Waals surface area contributed by atoms with Crippen molar-refractivity contribution in [1.29, 1.82) is 0 Å². The number of piperidine rings is 1. The number of nitrogens with zero attached hydrogens (tertiary/aromatic N) is 1. The molecule has 126 valence electrons. The van der Waals surface area contributed by atoms with Gasteiger partial charge in [0.2, 0.25) is 0 Å². The zero-order valence-corrected chi connectivity index (χ0v) is 15.1. The van der Waals surface area contributed by atoms with Crippen LogP contribution in [0.4, 0.5) is 11.4 Å². The number of carbonyl (C=O) groups excluding carboxylic acids is 1. The fraction of sp³-hybridized carbons (Fsp3) is 0.316. The van der Waals surface area contributed by atoms with Crippen molar-refractivity contribution in [3.63, 3.8) is 0 Å². The van der Waals surface area contributed by atoms with E-state index in [1.54, 1.807) is 18.2 Å². The summed E-state index contributed by atoms with van der Waals surface area (Å²) in [6, 6.07) is 13.4. The molecular formula is C19H20Cl2N2O. The highest BCUT2D eigenvalue weighted by Gasteiger charge is 2.18. The molecule has 0 saturated carbocycles. The Morgan fingerprint density at radius 1 is 1.12 bits per heavy atom. The fourth-order valence-electron chi connectivity index (χ4n) is 3.09. The van der Waals surface area contributed by atoms with Gasteiger partial charge in [-0.05, 0) is 68.7 Å². The minimum Gasteiger partial charge on any atom is -0.369 e. The van der Waals surface area contributed by atoms with Gasteiger partial charge in [0, 0.05) is 29.0 Å². The van der Waals surface area contributed by atoms with E-state index >= 15 is 0 Å². The van der Waals surface area contributed by atoms with E-state index in [9.17, 15) is 4.79 Å². The molecule has 1 atom stereocenters. The predicted octanol–water partition coefficient (Wildman–Crippen LogP) is 5.62. The van der Waals surface area contributed by atoms with Crippen LogP contribution in [-0.2, 0) is 0 Å². The number of hydrogen-bond acceptors (Lipinski definition) is 2. The SMILES string of the molecule is C[C@@H]1CCCCN1c1ccc(NC(=O)c2ccc(Cl)cc2Cl)cc1. The lowest BCUT2D eigenvalue weighted by Crippen LogP contribution is -2.37. The van der Waals surface area contributed by atoms with Crippen molar-refractivity contribution >= 4 is 40.5 Å². The van der Waals surface area contributed by atoms with Crippen molar-refractivity contribution in [3.8, 4) is 0 Å². The zero-order chi connectivity index (χ0) is 17.1. The number of benzene rings is 2. The molecule has 1 fully saturated rings. The van der Waals surface area contributed by atoms with Crippen LogP contribution >= 0.6 is 23.2 Å². The Balaban J connectivity index is 1.70. The Bertz CT molecular complexity index is 731. The molecule has 1 aliphatic rings. The van der Waals surface area contributed by atoms with Gasteiger partial charge in [-0.1, -0.05) is 23.2 Å². The molecule has 0 unspecified atom stereocenters. The first-order valence-electron chi connectivity index (χ1n) is 8.18. The van der Waals surface area contributed by atoms with E-state index in [2.05, 4.69) is 29.3 Å². The Labute approximate surface area is 152 Å². The summed E-state index contributed by atoms with van der Waals surface area (Å²) in [6.07, 6.45) is 3.76. The van der Waals surface area contributed by atoms with Crippen LogP contribution in [-0.4, -0.2) is 18.5 Å². The monoisotopic (exact) mass is 362 g/mol. The Morgan fingerprint density at radius 3 is 2.54 bits per heavy atom. The van der Waals surface area contributed by atoms with Crippen molar-refractivity contribution < 1.29 is 4.79 Å². The number of hydrogen-bond donors (Lipinski definition) is 1. The predicted molar refractivity (Wildman–Crippen MR) is 102 cm³/mol. The summed E-state index contributed by atoms with van der Waals surface area (Å²) >= 11 is 11.9. The Morgan fingerprint density at radius 2 is 1.88 bits per heavy atom. The van der Waals surface area contributed by atoms with E-state index in [1.807, 2.05) is 12.1 Å². The van der Waals surface area contributed by atoms with Crippen molar-refractivity contribution in [3.05, 3.63) is 58.1 Å². The third-order valence-electron chi connectivity index (χ3n) is 4.44. The van der Waals surface area contributed by atoms with E-state index < -0.39 is 0 Å². The highest BCUT2D eigenvalue weighted by Crippen LogP contribution is 2.26. The molecule has 1 amide bonds. The summed E-state index contributed by atoms with van der Waals surface area (Å²) in [4.78, 5) is 14.8. The van der Waals surface area contributed by atoms with Crippen LogP contribution in [0.2, 0.25) is 10.0 Å². The van der Waals surface area contributed by atoms with Gasteiger partial charge in [-0.15, -0.1) is 0 Å². The highest BCUT2D eigenvalue weighted by molar-refractivity contribution is 6.37. The lowest BCUT2D eigenvalue weighted by molar-refractivity contribution is 0.102. The second kappa shape index (κ2) is 7.45. The van der Waals surface area contributed by atoms with Crippen LogP contribution in [0.3, 0.4) is 0 Å². The summed E-state index contributed by atoms with van der Waals surface area (Å²) in [5, 5.41) is 3.73. The van der Waals surface area contributed by atoms with Gasteiger partial charge in [0.05, 0.1) is 10.6 Å². The molecule has 1 aliphatic heterocycles. The van der Waals surface area contributed by atoms with Crippen LogP contribution in [0.15, 0.2) is 42.5 Å². The van der Waals surface area contributed by atoms with Gasteiger partial charge >= 0.3 is 0 Å². The average Bonchev–Trinajstić information content (AvgIpc) is 2.56. The molecule has 2 aromatic carbocycles. The molecule has 5 heteroatoms. The molecule has 1 N–H and O–H groups in total. The summed E-state index contributed by atoms with van der Waals surface area (Å²) in [5.74, 6) is -0.240. The third kappa shape index (κ3) is 3.85. The van der Waals surface area contributed by atoms with E-state index in [1.165, 1.54) is 24.9 Å². The van der Waals surface area contributed by atoms with Gasteiger partial charge in [-0.2, -0.15) is 0 Å². The second-order valence-electron chi connectivity index (χ2n) is 6.16. The zero-order valence-electron chi connectivity index (χ0n) is 13.6. The lowest BCUT2D eigenvalue weighted by Gasteiger charge is -2.35. The average molecular weight is 363 g/mol. The minimum atomic E-state index is -0.240. The number of halogens is 2. The van der Waals surface area contributed by atoms with Crippen LogP contribution in [0.1, 0.15) is 36.5 Å². The molecule has 0 radical (unpaired) electrons. The van der Waals surface area contributed by atoms with E-state index in [0.29, 0.717) is 21.7 Å². The quantitative estimate of drug-likeness (QED) is 0.767. The van der Waals surface area contributed by atoms with E-state index in [4.69, 9.17) is 23.2 Å². The molecule has 0 aromatic heterocycles. The maximum atomic E-state index is 12.3. The molecule has 0 aliphatic carbocycles. The highest BCUT2D eigenvalue weighted by atomic mass is 35.5. The van der Waals surface area contributed by atoms with Gasteiger partial charge in [-0.25, -0.2) is 0 Å². The number of amides is 1. The Kier molecular flexibility index (Phi) is 5.32. The third-order valence-corrected chi connectivity index (χ3v) is 4.98. The number of anilines is 2. The van der Waals surface area contributed by atoms with E-state index in [-0.39, 0.29) is 5.91 Å². The fourth-order valence-corrected chi connectivity index (χ4v) is 3.58. The standard InChI is InChI=1S/C19H20Cl2N2O/c1-13-4-2-3-11-23(13)16-8-6-15(7-9-16)22-19(24)17-10-5-14(20)12-18(17)21/h5-10,12-13H,2-4,11H2,1H3,(H,22,24)/t13-/m1/s1. The molecule has 1 saturated heterocycles.